The number of carboxylic acids is 1. The van der Waals surface area contributed by atoms with Gasteiger partial charge < -0.3 is 15.3 Å². The van der Waals surface area contributed by atoms with Gasteiger partial charge in [0.05, 0.1) is 5.41 Å². The van der Waals surface area contributed by atoms with Crippen molar-refractivity contribution in [3.63, 3.8) is 0 Å². The number of carboxylic acid groups (broad SMARTS) is 1. The molecule has 2 atom stereocenters. The van der Waals surface area contributed by atoms with Crippen molar-refractivity contribution >= 4 is 17.8 Å². The molecule has 0 radical (unpaired) electrons. The highest BCUT2D eigenvalue weighted by Crippen LogP contribution is 2.31. The Hall–Kier alpha value is -2.37. The molecule has 0 bridgehead atoms. The first-order chi connectivity index (χ1) is 12.4. The molecule has 26 heavy (non-hydrogen) atoms. The normalized spacial score (nSPS) is 21.1. The van der Waals surface area contributed by atoms with Crippen molar-refractivity contribution in [3.05, 3.63) is 35.9 Å². The lowest BCUT2D eigenvalue weighted by atomic mass is 9.80. The molecule has 2 rings (SSSR count). The Morgan fingerprint density at radius 1 is 1.27 bits per heavy atom. The maximum absolute atomic E-state index is 12.8. The summed E-state index contributed by atoms with van der Waals surface area (Å²) >= 11 is 0. The number of hydrogen-bond donors (Lipinski definition) is 2. The van der Waals surface area contributed by atoms with Crippen molar-refractivity contribution in [2.24, 2.45) is 5.41 Å². The number of likely N-dealkylation sites (tertiary alicyclic amines) is 1. The van der Waals surface area contributed by atoms with Crippen LogP contribution in [-0.2, 0) is 9.59 Å². The molecule has 1 saturated heterocycles. The van der Waals surface area contributed by atoms with Gasteiger partial charge in [-0.2, -0.15) is 0 Å². The molecule has 2 amide bonds. The number of rotatable bonds is 7. The van der Waals surface area contributed by atoms with Gasteiger partial charge in [-0.25, -0.2) is 4.79 Å². The Balaban J connectivity index is 2.06. The molecular weight excluding hydrogens is 332 g/mol. The van der Waals surface area contributed by atoms with E-state index in [1.54, 1.807) is 17.0 Å². The molecule has 1 fully saturated rings. The lowest BCUT2D eigenvalue weighted by Crippen LogP contribution is -2.54. The second-order valence-electron chi connectivity index (χ2n) is 7.26. The molecule has 0 aliphatic carbocycles. The van der Waals surface area contributed by atoms with Crippen LogP contribution >= 0.6 is 0 Å². The third-order valence-corrected chi connectivity index (χ3v) is 5.00. The van der Waals surface area contributed by atoms with E-state index in [1.807, 2.05) is 32.0 Å². The zero-order valence-corrected chi connectivity index (χ0v) is 15.5. The van der Waals surface area contributed by atoms with Crippen molar-refractivity contribution in [3.8, 4) is 0 Å². The van der Waals surface area contributed by atoms with E-state index in [-0.39, 0.29) is 11.8 Å². The van der Waals surface area contributed by atoms with Gasteiger partial charge in [-0.1, -0.05) is 38.0 Å². The van der Waals surface area contributed by atoms with E-state index in [9.17, 15) is 19.5 Å². The monoisotopic (exact) mass is 360 g/mol. The molecule has 0 saturated carbocycles. The largest absolute Gasteiger partial charge is 0.480 e. The number of nitrogens with zero attached hydrogens (tertiary/aromatic N) is 1. The Morgan fingerprint density at radius 3 is 2.58 bits per heavy atom. The third-order valence-electron chi connectivity index (χ3n) is 5.00. The summed E-state index contributed by atoms with van der Waals surface area (Å²) in [5, 5.41) is 12.0. The molecule has 0 aromatic heterocycles. The fourth-order valence-electron chi connectivity index (χ4n) is 3.36. The Morgan fingerprint density at radius 2 is 1.96 bits per heavy atom. The average molecular weight is 360 g/mol. The van der Waals surface area contributed by atoms with Gasteiger partial charge in [-0.15, -0.1) is 0 Å². The third kappa shape index (κ3) is 4.84. The van der Waals surface area contributed by atoms with Crippen molar-refractivity contribution < 1.29 is 19.5 Å². The van der Waals surface area contributed by atoms with Crippen LogP contribution in [0.25, 0.3) is 0 Å². The molecule has 1 aliphatic heterocycles. The Bertz CT molecular complexity index is 646. The highest BCUT2D eigenvalue weighted by Gasteiger charge is 2.40. The van der Waals surface area contributed by atoms with E-state index in [1.165, 1.54) is 0 Å². The minimum atomic E-state index is -1.01. The molecular formula is C20H28N2O4. The van der Waals surface area contributed by atoms with Crippen LogP contribution in [-0.4, -0.2) is 46.9 Å². The van der Waals surface area contributed by atoms with Gasteiger partial charge >= 0.3 is 5.97 Å². The highest BCUT2D eigenvalue weighted by molar-refractivity contribution is 5.95. The van der Waals surface area contributed by atoms with Crippen LogP contribution in [0.15, 0.2) is 30.3 Å². The number of benzene rings is 1. The average Bonchev–Trinajstić information content (AvgIpc) is 2.64. The summed E-state index contributed by atoms with van der Waals surface area (Å²) < 4.78 is 0. The first-order valence-electron chi connectivity index (χ1n) is 9.25. The maximum atomic E-state index is 12.8. The van der Waals surface area contributed by atoms with Crippen LogP contribution in [0, 0.1) is 5.41 Å². The van der Waals surface area contributed by atoms with Crippen molar-refractivity contribution in [1.82, 2.24) is 10.2 Å². The van der Waals surface area contributed by atoms with Crippen LogP contribution in [0.1, 0.15) is 56.3 Å². The number of nitrogens with one attached hydrogen (secondary N) is 1. The molecule has 142 valence electrons. The number of aliphatic carboxylic acids is 1. The quantitative estimate of drug-likeness (QED) is 0.783. The Labute approximate surface area is 154 Å². The van der Waals surface area contributed by atoms with Crippen molar-refractivity contribution in [2.45, 2.75) is 52.0 Å². The molecule has 1 aromatic rings. The zero-order chi connectivity index (χ0) is 19.2. The topological polar surface area (TPSA) is 86.7 Å². The van der Waals surface area contributed by atoms with Gasteiger partial charge in [-0.3, -0.25) is 9.59 Å². The van der Waals surface area contributed by atoms with Crippen LogP contribution < -0.4 is 5.32 Å². The molecule has 1 aliphatic rings. The lowest BCUT2D eigenvalue weighted by molar-refractivity contribution is -0.144. The lowest BCUT2D eigenvalue weighted by Gasteiger charge is -2.39. The Kier molecular flexibility index (Phi) is 6.77. The van der Waals surface area contributed by atoms with Gasteiger partial charge in [0.2, 0.25) is 5.91 Å². The summed E-state index contributed by atoms with van der Waals surface area (Å²) in [6, 6.07) is 8.13. The van der Waals surface area contributed by atoms with E-state index >= 15 is 0 Å². The van der Waals surface area contributed by atoms with Gasteiger partial charge in [0.25, 0.3) is 5.91 Å². The van der Waals surface area contributed by atoms with Gasteiger partial charge in [-0.05, 0) is 38.3 Å². The first kappa shape index (κ1) is 19.9. The molecule has 1 unspecified atom stereocenters. The van der Waals surface area contributed by atoms with E-state index in [2.05, 4.69) is 5.32 Å². The van der Waals surface area contributed by atoms with Gasteiger partial charge in [0.15, 0.2) is 0 Å². The summed E-state index contributed by atoms with van der Waals surface area (Å²) in [4.78, 5) is 38.6. The number of piperidine rings is 1. The van der Waals surface area contributed by atoms with Crippen LogP contribution in [0.3, 0.4) is 0 Å². The number of amides is 2. The van der Waals surface area contributed by atoms with E-state index in [4.69, 9.17) is 0 Å². The van der Waals surface area contributed by atoms with E-state index < -0.39 is 17.4 Å². The standard InChI is InChI=1S/C20H28N2O4/c1-3-4-11-16(18(24)25)21-19(26)20(2)12-8-13-22(14-20)17(23)15-9-6-5-7-10-15/h5-7,9-10,16H,3-4,8,11-14H2,1-2H3,(H,21,26)(H,24,25)/t16-,20?/m0/s1. The van der Waals surface area contributed by atoms with Gasteiger partial charge in [0.1, 0.15) is 6.04 Å². The number of unbranched alkanes of at least 4 members (excludes halogenated alkanes) is 1. The summed E-state index contributed by atoms with van der Waals surface area (Å²) in [5.74, 6) is -1.39. The molecule has 0 spiro atoms. The van der Waals surface area contributed by atoms with Gasteiger partial charge in [0, 0.05) is 18.7 Å². The van der Waals surface area contributed by atoms with E-state index in [0.29, 0.717) is 31.5 Å². The van der Waals surface area contributed by atoms with Crippen LogP contribution in [0.2, 0.25) is 0 Å². The summed E-state index contributed by atoms with van der Waals surface area (Å²) in [5.41, 5.74) is -0.175. The SMILES string of the molecule is CCCC[C@H](NC(=O)C1(C)CCCN(C(=O)c2ccccc2)C1)C(=O)O. The first-order valence-corrected chi connectivity index (χ1v) is 9.25. The summed E-state index contributed by atoms with van der Waals surface area (Å²) in [6.07, 6.45) is 3.38. The summed E-state index contributed by atoms with van der Waals surface area (Å²) in [6.45, 7) is 4.70. The van der Waals surface area contributed by atoms with Crippen molar-refractivity contribution in [2.75, 3.05) is 13.1 Å². The fourth-order valence-corrected chi connectivity index (χ4v) is 3.36. The summed E-state index contributed by atoms with van der Waals surface area (Å²) in [7, 11) is 0. The molecule has 1 aromatic carbocycles. The number of carbonyl (C=O) groups excluding carboxylic acids is 2. The minimum absolute atomic E-state index is 0.0925. The smallest absolute Gasteiger partial charge is 0.326 e. The predicted octanol–water partition coefficient (Wildman–Crippen LogP) is 2.69. The van der Waals surface area contributed by atoms with E-state index in [0.717, 1.165) is 19.3 Å². The van der Waals surface area contributed by atoms with Crippen molar-refractivity contribution in [1.29, 1.82) is 0 Å². The molecule has 1 heterocycles. The molecule has 6 heteroatoms. The molecule has 2 N–H and O–H groups in total. The second kappa shape index (κ2) is 8.83. The second-order valence-corrected chi connectivity index (χ2v) is 7.26. The molecule has 6 nitrogen and oxygen atoms in total. The highest BCUT2D eigenvalue weighted by atomic mass is 16.4. The number of hydrogen-bond acceptors (Lipinski definition) is 3. The fraction of sp³-hybridized carbons (Fsp3) is 0.550. The van der Waals surface area contributed by atoms with Crippen LogP contribution in [0.4, 0.5) is 0 Å². The zero-order valence-electron chi connectivity index (χ0n) is 15.5. The predicted molar refractivity (Wildman–Crippen MR) is 98.8 cm³/mol. The van der Waals surface area contributed by atoms with Crippen LogP contribution in [0.5, 0.6) is 0 Å². The maximum Gasteiger partial charge on any atom is 0.326 e. The minimum Gasteiger partial charge on any atom is -0.480 e. The number of carbonyl (C=O) groups is 3.